The maximum atomic E-state index is 13.9. The molecule has 0 radical (unpaired) electrons. The van der Waals surface area contributed by atoms with Crippen LogP contribution >= 0.6 is 10.3 Å². The Hall–Kier alpha value is -3.46. The first-order chi connectivity index (χ1) is 17.4. The van der Waals surface area contributed by atoms with Gasteiger partial charge in [-0.1, -0.05) is 54.1 Å². The summed E-state index contributed by atoms with van der Waals surface area (Å²) < 4.78 is 51.3. The fourth-order valence-corrected chi connectivity index (χ4v) is 9.28. The molecule has 0 spiro atoms. The van der Waals surface area contributed by atoms with Crippen LogP contribution in [0.4, 0.5) is 0 Å². The molecule has 0 amide bonds. The Morgan fingerprint density at radius 1 is 0.583 bits per heavy atom. The Morgan fingerprint density at radius 2 is 1.06 bits per heavy atom. The average Bonchev–Trinajstić information content (AvgIpc) is 2.92. The summed E-state index contributed by atoms with van der Waals surface area (Å²) in [5.74, 6) is 1.27. The molecule has 0 saturated heterocycles. The van der Waals surface area contributed by atoms with Crippen LogP contribution in [0.5, 0.6) is 17.2 Å². The van der Waals surface area contributed by atoms with Crippen molar-refractivity contribution in [3.8, 4) is 17.2 Å². The van der Waals surface area contributed by atoms with Gasteiger partial charge in [-0.15, -0.1) is 0 Å². The van der Waals surface area contributed by atoms with Crippen LogP contribution in [-0.4, -0.2) is 29.7 Å². The van der Waals surface area contributed by atoms with Crippen LogP contribution in [0.1, 0.15) is 5.56 Å². The second-order valence-electron chi connectivity index (χ2n) is 7.88. The number of benzene rings is 4. The van der Waals surface area contributed by atoms with E-state index in [1.54, 1.807) is 43.5 Å². The van der Waals surface area contributed by atoms with Crippen LogP contribution in [0.15, 0.2) is 117 Å². The molecule has 0 atom stereocenters. The van der Waals surface area contributed by atoms with Gasteiger partial charge in [-0.05, 0) is 53.6 Å². The third kappa shape index (κ3) is 4.80. The van der Waals surface area contributed by atoms with Crippen molar-refractivity contribution in [3.05, 3.63) is 103 Å². The van der Waals surface area contributed by atoms with Crippen molar-refractivity contribution in [1.82, 2.24) is 0 Å². The number of ether oxygens (including phenoxy) is 3. The lowest BCUT2D eigenvalue weighted by Crippen LogP contribution is -2.16. The molecule has 0 fully saturated rings. The van der Waals surface area contributed by atoms with Gasteiger partial charge < -0.3 is 14.2 Å². The molecule has 36 heavy (non-hydrogen) atoms. The smallest absolute Gasteiger partial charge is 0.307 e. The molecular weight excluding hydrogens is 496 g/mol. The molecule has 4 aromatic rings. The van der Waals surface area contributed by atoms with E-state index in [9.17, 15) is 8.42 Å². The Kier molecular flexibility index (Phi) is 7.59. The van der Waals surface area contributed by atoms with Gasteiger partial charge in [0.1, 0.15) is 22.1 Å². The van der Waals surface area contributed by atoms with E-state index in [0.717, 1.165) is 5.56 Å². The number of hydrogen-bond acceptors (Lipinski definition) is 6. The average molecular weight is 525 g/mol. The van der Waals surface area contributed by atoms with Crippen LogP contribution in [0, 0.1) is 6.92 Å². The predicted octanol–water partition coefficient (Wildman–Crippen LogP) is 6.62. The molecule has 0 unspecified atom stereocenters. The van der Waals surface area contributed by atoms with Gasteiger partial charge in [-0.2, -0.15) is 8.42 Å². The van der Waals surface area contributed by atoms with E-state index < -0.39 is 20.4 Å². The fourth-order valence-electron chi connectivity index (χ4n) is 3.84. The highest BCUT2D eigenvalue weighted by Crippen LogP contribution is 2.74. The zero-order valence-corrected chi connectivity index (χ0v) is 22.1. The van der Waals surface area contributed by atoms with Crippen molar-refractivity contribution in [3.63, 3.8) is 0 Å². The summed E-state index contributed by atoms with van der Waals surface area (Å²) >= 11 is 0. The molecule has 0 aliphatic carbocycles. The lowest BCUT2D eigenvalue weighted by Gasteiger charge is -2.40. The van der Waals surface area contributed by atoms with Gasteiger partial charge in [0.05, 0.1) is 26.2 Å². The summed E-state index contributed by atoms with van der Waals surface area (Å²) in [5.41, 5.74) is 0.942. The van der Waals surface area contributed by atoms with Gasteiger partial charge in [-0.25, -0.2) is 3.63 Å². The fraction of sp³-hybridized carbons (Fsp3) is 0.143. The topological polar surface area (TPSA) is 71.1 Å². The van der Waals surface area contributed by atoms with Crippen molar-refractivity contribution < 1.29 is 26.3 Å². The number of rotatable bonds is 9. The molecule has 8 heteroatoms. The van der Waals surface area contributed by atoms with Gasteiger partial charge in [0.2, 0.25) is 0 Å². The molecule has 0 heterocycles. The second kappa shape index (κ2) is 10.7. The van der Waals surface area contributed by atoms with Gasteiger partial charge in [0.25, 0.3) is 0 Å². The SMILES string of the molecule is COc1cc(OC)c(S(OS(=O)(=O)c2ccc(C)cc2)(c2ccccc2)c2ccccc2)c(OC)c1. The lowest BCUT2D eigenvalue weighted by atomic mass is 10.2. The van der Waals surface area contributed by atoms with Crippen molar-refractivity contribution in [2.45, 2.75) is 26.5 Å². The quantitative estimate of drug-likeness (QED) is 0.245. The summed E-state index contributed by atoms with van der Waals surface area (Å²) in [6, 6.07) is 28.6. The Balaban J connectivity index is 2.13. The van der Waals surface area contributed by atoms with Crippen molar-refractivity contribution >= 4 is 20.4 Å². The number of aryl methyl sites for hydroxylation is 1. The zero-order chi connectivity index (χ0) is 25.8. The van der Waals surface area contributed by atoms with Crippen LogP contribution in [-0.2, 0) is 13.7 Å². The minimum absolute atomic E-state index is 0.0586. The minimum Gasteiger partial charge on any atom is -0.496 e. The first-order valence-corrected chi connectivity index (χ1v) is 14.1. The van der Waals surface area contributed by atoms with Crippen LogP contribution in [0.25, 0.3) is 0 Å². The number of methoxy groups -OCH3 is 3. The van der Waals surface area contributed by atoms with Gasteiger partial charge >= 0.3 is 10.1 Å². The number of hydrogen-bond donors (Lipinski definition) is 0. The Morgan fingerprint density at radius 3 is 1.47 bits per heavy atom. The Labute approximate surface area is 214 Å². The molecule has 4 aromatic carbocycles. The zero-order valence-electron chi connectivity index (χ0n) is 20.5. The largest absolute Gasteiger partial charge is 0.496 e. The predicted molar refractivity (Wildman–Crippen MR) is 141 cm³/mol. The molecule has 6 nitrogen and oxygen atoms in total. The molecule has 0 aliphatic heterocycles. The van der Waals surface area contributed by atoms with Gasteiger partial charge in [-0.3, -0.25) is 0 Å². The summed E-state index contributed by atoms with van der Waals surface area (Å²) in [6.45, 7) is 1.90. The standard InChI is InChI=1S/C28H28O6S2/c1-21-15-17-25(18-16-21)36(29,30)34-35(23-11-7-5-8-12-23,24-13-9-6-10-14-24)28-26(32-3)19-22(31-2)20-27(28)33-4/h5-20H,1-4H3. The molecule has 0 aliphatic rings. The van der Waals surface area contributed by atoms with Gasteiger partial charge in [0.15, 0.2) is 0 Å². The molecule has 0 bridgehead atoms. The lowest BCUT2D eigenvalue weighted by molar-refractivity contribution is 0.359. The van der Waals surface area contributed by atoms with E-state index in [1.165, 1.54) is 14.2 Å². The van der Waals surface area contributed by atoms with Crippen LogP contribution < -0.4 is 14.2 Å². The summed E-state index contributed by atoms with van der Waals surface area (Å²) in [5, 5.41) is 0. The maximum absolute atomic E-state index is 13.9. The maximum Gasteiger partial charge on any atom is 0.307 e. The highest BCUT2D eigenvalue weighted by atomic mass is 32.3. The summed E-state index contributed by atoms with van der Waals surface area (Å²) in [7, 11) is -2.62. The van der Waals surface area contributed by atoms with E-state index in [1.807, 2.05) is 67.6 Å². The first-order valence-electron chi connectivity index (χ1n) is 11.1. The molecule has 0 saturated carbocycles. The molecule has 0 aromatic heterocycles. The van der Waals surface area contributed by atoms with E-state index in [-0.39, 0.29) is 4.90 Å². The van der Waals surface area contributed by atoms with E-state index in [4.69, 9.17) is 17.8 Å². The third-order valence-electron chi connectivity index (χ3n) is 5.61. The minimum atomic E-state index is -4.25. The summed E-state index contributed by atoms with van der Waals surface area (Å²) in [6.07, 6.45) is 0. The molecule has 4 rings (SSSR count). The molecule has 0 N–H and O–H groups in total. The van der Waals surface area contributed by atoms with E-state index in [2.05, 4.69) is 0 Å². The molecular formula is C28H28O6S2. The van der Waals surface area contributed by atoms with Crippen molar-refractivity contribution in [2.24, 2.45) is 0 Å². The molecule has 188 valence electrons. The van der Waals surface area contributed by atoms with E-state index >= 15 is 0 Å². The van der Waals surface area contributed by atoms with Gasteiger partial charge in [0, 0.05) is 21.9 Å². The normalized spacial score (nSPS) is 12.1. The van der Waals surface area contributed by atoms with Crippen molar-refractivity contribution in [2.75, 3.05) is 21.3 Å². The Bertz CT molecular complexity index is 1360. The second-order valence-corrected chi connectivity index (χ2v) is 12.3. The van der Waals surface area contributed by atoms with Crippen LogP contribution in [0.3, 0.4) is 0 Å². The first kappa shape index (κ1) is 25.6. The highest BCUT2D eigenvalue weighted by molar-refractivity contribution is 8.33. The van der Waals surface area contributed by atoms with Crippen molar-refractivity contribution in [1.29, 1.82) is 0 Å². The van der Waals surface area contributed by atoms with Crippen LogP contribution in [0.2, 0.25) is 0 Å². The summed E-state index contributed by atoms with van der Waals surface area (Å²) in [4.78, 5) is 1.85. The monoisotopic (exact) mass is 524 g/mol. The third-order valence-corrected chi connectivity index (χ3v) is 10.8. The highest BCUT2D eigenvalue weighted by Gasteiger charge is 2.43. The van der Waals surface area contributed by atoms with E-state index in [0.29, 0.717) is 31.9 Å².